The number of hydrogen-bond donors (Lipinski definition) is 2. The van der Waals surface area contributed by atoms with Gasteiger partial charge in [0.15, 0.2) is 0 Å². The molecule has 0 aromatic heterocycles. The molecule has 94 valence electrons. The SMILES string of the molecule is CCN(CCNc1ccc(C)cc1N)C1CC1. The van der Waals surface area contributed by atoms with Crippen LogP contribution in [0, 0.1) is 6.92 Å². The average molecular weight is 233 g/mol. The van der Waals surface area contributed by atoms with Gasteiger partial charge in [0.1, 0.15) is 0 Å². The van der Waals surface area contributed by atoms with Gasteiger partial charge in [-0.1, -0.05) is 13.0 Å². The van der Waals surface area contributed by atoms with E-state index in [1.54, 1.807) is 0 Å². The van der Waals surface area contributed by atoms with E-state index in [1.165, 1.54) is 18.4 Å². The summed E-state index contributed by atoms with van der Waals surface area (Å²) in [7, 11) is 0. The quantitative estimate of drug-likeness (QED) is 0.742. The number of nitrogen functional groups attached to an aromatic ring is 1. The van der Waals surface area contributed by atoms with Crippen molar-refractivity contribution < 1.29 is 0 Å². The highest BCUT2D eigenvalue weighted by atomic mass is 15.2. The highest BCUT2D eigenvalue weighted by Crippen LogP contribution is 2.26. The molecule has 1 aliphatic rings. The van der Waals surface area contributed by atoms with Crippen molar-refractivity contribution in [3.63, 3.8) is 0 Å². The Morgan fingerprint density at radius 3 is 2.76 bits per heavy atom. The summed E-state index contributed by atoms with van der Waals surface area (Å²) in [5, 5.41) is 3.42. The van der Waals surface area contributed by atoms with Crippen LogP contribution in [0.3, 0.4) is 0 Å². The van der Waals surface area contributed by atoms with Crippen molar-refractivity contribution in [1.82, 2.24) is 4.90 Å². The lowest BCUT2D eigenvalue weighted by Gasteiger charge is -2.20. The Balaban J connectivity index is 1.80. The fourth-order valence-electron chi connectivity index (χ4n) is 2.22. The Hall–Kier alpha value is -1.22. The molecule has 2 rings (SSSR count). The molecule has 1 aliphatic carbocycles. The van der Waals surface area contributed by atoms with Crippen molar-refractivity contribution in [3.8, 4) is 0 Å². The maximum Gasteiger partial charge on any atom is 0.0574 e. The molecule has 0 spiro atoms. The number of aryl methyl sites for hydroxylation is 1. The zero-order valence-corrected chi connectivity index (χ0v) is 10.9. The summed E-state index contributed by atoms with van der Waals surface area (Å²) in [4.78, 5) is 2.54. The molecule has 0 radical (unpaired) electrons. The van der Waals surface area contributed by atoms with Gasteiger partial charge in [-0.25, -0.2) is 0 Å². The highest BCUT2D eigenvalue weighted by Gasteiger charge is 2.27. The third-order valence-corrected chi connectivity index (χ3v) is 3.39. The van der Waals surface area contributed by atoms with E-state index in [9.17, 15) is 0 Å². The van der Waals surface area contributed by atoms with Crippen LogP contribution in [0.1, 0.15) is 25.3 Å². The molecule has 3 nitrogen and oxygen atoms in total. The molecule has 17 heavy (non-hydrogen) atoms. The van der Waals surface area contributed by atoms with Gasteiger partial charge >= 0.3 is 0 Å². The average Bonchev–Trinajstić information content (AvgIpc) is 3.11. The summed E-state index contributed by atoms with van der Waals surface area (Å²) >= 11 is 0. The van der Waals surface area contributed by atoms with Crippen molar-refractivity contribution in [2.45, 2.75) is 32.7 Å². The minimum atomic E-state index is 0.845. The van der Waals surface area contributed by atoms with Crippen LogP contribution in [0.4, 0.5) is 11.4 Å². The van der Waals surface area contributed by atoms with Crippen LogP contribution in [0.15, 0.2) is 18.2 Å². The zero-order valence-electron chi connectivity index (χ0n) is 10.9. The Morgan fingerprint density at radius 2 is 2.18 bits per heavy atom. The fourth-order valence-corrected chi connectivity index (χ4v) is 2.22. The molecule has 0 unspecified atom stereocenters. The number of likely N-dealkylation sites (N-methyl/N-ethyl adjacent to an activating group) is 1. The second-order valence-corrected chi connectivity index (χ2v) is 4.88. The van der Waals surface area contributed by atoms with Gasteiger partial charge in [0, 0.05) is 19.1 Å². The van der Waals surface area contributed by atoms with Crippen LogP contribution in [0.25, 0.3) is 0 Å². The van der Waals surface area contributed by atoms with Crippen LogP contribution in [-0.2, 0) is 0 Å². The van der Waals surface area contributed by atoms with E-state index in [-0.39, 0.29) is 0 Å². The van der Waals surface area contributed by atoms with Gasteiger partial charge < -0.3 is 11.1 Å². The van der Waals surface area contributed by atoms with Crippen LogP contribution < -0.4 is 11.1 Å². The number of hydrogen-bond acceptors (Lipinski definition) is 3. The van der Waals surface area contributed by atoms with Gasteiger partial charge in [0.25, 0.3) is 0 Å². The predicted octanol–water partition coefficient (Wildman–Crippen LogP) is 2.47. The van der Waals surface area contributed by atoms with Gasteiger partial charge in [-0.3, -0.25) is 4.90 Å². The predicted molar refractivity (Wildman–Crippen MR) is 74.4 cm³/mol. The van der Waals surface area contributed by atoms with E-state index in [2.05, 4.69) is 36.2 Å². The summed E-state index contributed by atoms with van der Waals surface area (Å²) in [6.45, 7) is 7.52. The number of nitrogens with two attached hydrogens (primary N) is 1. The summed E-state index contributed by atoms with van der Waals surface area (Å²) in [5.74, 6) is 0. The number of rotatable bonds is 6. The van der Waals surface area contributed by atoms with Gasteiger partial charge in [0.05, 0.1) is 11.4 Å². The van der Waals surface area contributed by atoms with Gasteiger partial charge in [-0.2, -0.15) is 0 Å². The molecule has 1 saturated carbocycles. The lowest BCUT2D eigenvalue weighted by Crippen LogP contribution is -2.31. The number of anilines is 2. The minimum Gasteiger partial charge on any atom is -0.397 e. The lowest BCUT2D eigenvalue weighted by atomic mass is 10.2. The molecule has 0 heterocycles. The minimum absolute atomic E-state index is 0.845. The Labute approximate surface area is 104 Å². The molecule has 1 aromatic rings. The molecule has 0 aliphatic heterocycles. The van der Waals surface area contributed by atoms with Gasteiger partial charge in [-0.15, -0.1) is 0 Å². The lowest BCUT2D eigenvalue weighted by molar-refractivity contribution is 0.289. The third-order valence-electron chi connectivity index (χ3n) is 3.39. The Kier molecular flexibility index (Phi) is 3.89. The van der Waals surface area contributed by atoms with E-state index in [0.717, 1.165) is 37.1 Å². The maximum atomic E-state index is 5.97. The largest absolute Gasteiger partial charge is 0.397 e. The molecule has 3 N–H and O–H groups in total. The second kappa shape index (κ2) is 5.41. The van der Waals surface area contributed by atoms with E-state index in [1.807, 2.05) is 6.07 Å². The van der Waals surface area contributed by atoms with E-state index >= 15 is 0 Å². The smallest absolute Gasteiger partial charge is 0.0574 e. The third kappa shape index (κ3) is 3.37. The van der Waals surface area contributed by atoms with Crippen LogP contribution in [0.5, 0.6) is 0 Å². The highest BCUT2D eigenvalue weighted by molar-refractivity contribution is 5.66. The fraction of sp³-hybridized carbons (Fsp3) is 0.571. The molecule has 1 fully saturated rings. The Bertz CT molecular complexity index is 372. The molecule has 0 saturated heterocycles. The number of nitrogens with one attached hydrogen (secondary N) is 1. The molecule has 0 bridgehead atoms. The summed E-state index contributed by atoms with van der Waals surface area (Å²) in [6, 6.07) is 7.02. The number of nitrogens with zero attached hydrogens (tertiary/aromatic N) is 1. The topological polar surface area (TPSA) is 41.3 Å². The van der Waals surface area contributed by atoms with Crippen LogP contribution >= 0.6 is 0 Å². The summed E-state index contributed by atoms with van der Waals surface area (Å²) in [6.07, 6.45) is 2.75. The number of benzene rings is 1. The van der Waals surface area contributed by atoms with Crippen LogP contribution in [0.2, 0.25) is 0 Å². The molecular weight excluding hydrogens is 210 g/mol. The standard InChI is InChI=1S/C14H23N3/c1-3-17(12-5-6-12)9-8-16-14-7-4-11(2)10-13(14)15/h4,7,10,12,16H,3,5-6,8-9,15H2,1-2H3. The van der Waals surface area contributed by atoms with Gasteiger partial charge in [-0.05, 0) is 44.0 Å². The second-order valence-electron chi connectivity index (χ2n) is 4.88. The molecular formula is C14H23N3. The molecule has 3 heteroatoms. The van der Waals surface area contributed by atoms with Crippen molar-refractivity contribution in [2.24, 2.45) is 0 Å². The Morgan fingerprint density at radius 1 is 1.41 bits per heavy atom. The first-order valence-electron chi connectivity index (χ1n) is 6.54. The molecule has 1 aromatic carbocycles. The van der Waals surface area contributed by atoms with Crippen molar-refractivity contribution >= 4 is 11.4 Å². The first-order chi connectivity index (χ1) is 8.20. The van der Waals surface area contributed by atoms with Gasteiger partial charge in [0.2, 0.25) is 0 Å². The molecule has 0 atom stereocenters. The summed E-state index contributed by atoms with van der Waals surface area (Å²) < 4.78 is 0. The van der Waals surface area contributed by atoms with E-state index < -0.39 is 0 Å². The first-order valence-corrected chi connectivity index (χ1v) is 6.54. The summed E-state index contributed by atoms with van der Waals surface area (Å²) in [5.41, 5.74) is 9.08. The van der Waals surface area contributed by atoms with Crippen molar-refractivity contribution in [2.75, 3.05) is 30.7 Å². The van der Waals surface area contributed by atoms with Crippen molar-refractivity contribution in [1.29, 1.82) is 0 Å². The molecule has 0 amide bonds. The maximum absolute atomic E-state index is 5.97. The van der Waals surface area contributed by atoms with Crippen molar-refractivity contribution in [3.05, 3.63) is 23.8 Å². The normalized spacial score (nSPS) is 15.2. The first kappa shape index (κ1) is 12.2. The van der Waals surface area contributed by atoms with Crippen LogP contribution in [-0.4, -0.2) is 30.6 Å². The van der Waals surface area contributed by atoms with E-state index in [4.69, 9.17) is 5.73 Å². The monoisotopic (exact) mass is 233 g/mol. The van der Waals surface area contributed by atoms with E-state index in [0.29, 0.717) is 0 Å². The zero-order chi connectivity index (χ0) is 12.3.